The van der Waals surface area contributed by atoms with Crippen molar-refractivity contribution < 1.29 is 9.15 Å². The highest BCUT2D eigenvalue weighted by atomic mass is 32.2. The molecule has 2 aromatic carbocycles. The monoisotopic (exact) mass is 448 g/mol. The largest absolute Gasteiger partial charge is 0.420 e. The van der Waals surface area contributed by atoms with Crippen LogP contribution in [-0.4, -0.2) is 51.3 Å². The number of aromatic nitrogens is 5. The van der Waals surface area contributed by atoms with E-state index in [-0.39, 0.29) is 0 Å². The Bertz CT molecular complexity index is 1180. The van der Waals surface area contributed by atoms with Crippen LogP contribution in [0.1, 0.15) is 17.0 Å². The van der Waals surface area contributed by atoms with Crippen molar-refractivity contribution in [2.24, 2.45) is 0 Å². The summed E-state index contributed by atoms with van der Waals surface area (Å²) in [5, 5.41) is 18.2. The number of anilines is 1. The predicted molar refractivity (Wildman–Crippen MR) is 123 cm³/mol. The average Bonchev–Trinajstić information content (AvgIpc) is 3.47. The van der Waals surface area contributed by atoms with Crippen LogP contribution in [0.3, 0.4) is 0 Å². The maximum Gasteiger partial charge on any atom is 0.247 e. The van der Waals surface area contributed by atoms with Gasteiger partial charge in [-0.1, -0.05) is 47.2 Å². The van der Waals surface area contributed by atoms with Gasteiger partial charge in [-0.2, -0.15) is 0 Å². The Morgan fingerprint density at radius 1 is 0.844 bits per heavy atom. The summed E-state index contributed by atoms with van der Waals surface area (Å²) in [6.07, 6.45) is 0. The Morgan fingerprint density at radius 3 is 2.25 bits per heavy atom. The maximum atomic E-state index is 5.89. The third-order valence-electron chi connectivity index (χ3n) is 5.29. The summed E-state index contributed by atoms with van der Waals surface area (Å²) in [5.41, 5.74) is 4.33. The molecule has 0 spiro atoms. The van der Waals surface area contributed by atoms with Crippen LogP contribution in [0.25, 0.3) is 17.1 Å². The average molecular weight is 449 g/mol. The van der Waals surface area contributed by atoms with Gasteiger partial charge in [0.2, 0.25) is 17.7 Å². The predicted octanol–water partition coefficient (Wildman–Crippen LogP) is 4.06. The molecule has 0 aliphatic carbocycles. The van der Waals surface area contributed by atoms with Crippen molar-refractivity contribution in [1.82, 2.24) is 25.0 Å². The summed E-state index contributed by atoms with van der Waals surface area (Å²) >= 11 is 1.53. The Morgan fingerprint density at radius 2 is 1.53 bits per heavy atom. The molecule has 4 aromatic rings. The number of hydrogen-bond donors (Lipinski definition) is 0. The highest BCUT2D eigenvalue weighted by Gasteiger charge is 2.22. The Balaban J connectivity index is 1.39. The summed E-state index contributed by atoms with van der Waals surface area (Å²) in [4.78, 5) is 2.21. The number of aryl methyl sites for hydroxylation is 2. The lowest BCUT2D eigenvalue weighted by Crippen LogP contribution is -2.37. The molecule has 9 heteroatoms. The zero-order valence-corrected chi connectivity index (χ0v) is 18.9. The van der Waals surface area contributed by atoms with Crippen molar-refractivity contribution in [1.29, 1.82) is 0 Å². The quantitative estimate of drug-likeness (QED) is 0.409. The first-order valence-electron chi connectivity index (χ1n) is 10.5. The highest BCUT2D eigenvalue weighted by molar-refractivity contribution is 7.98. The summed E-state index contributed by atoms with van der Waals surface area (Å²) in [6.45, 7) is 7.08. The fourth-order valence-corrected chi connectivity index (χ4v) is 4.28. The van der Waals surface area contributed by atoms with Gasteiger partial charge < -0.3 is 14.1 Å². The lowest BCUT2D eigenvalue weighted by Gasteiger charge is -2.27. The maximum absolute atomic E-state index is 5.89. The standard InChI is InChI=1S/C23H24N6O2S/c1-16-3-7-18(8-4-16)21-25-24-20(31-21)15-32-23-27-26-22(28-11-13-30-14-12-28)29(23)19-9-5-17(2)6-10-19/h3-10H,11-15H2,1-2H3. The van der Waals surface area contributed by atoms with Crippen LogP contribution < -0.4 is 4.90 Å². The zero-order valence-electron chi connectivity index (χ0n) is 18.1. The first-order chi connectivity index (χ1) is 15.7. The Hall–Kier alpha value is -3.17. The molecular weight excluding hydrogens is 424 g/mol. The Kier molecular flexibility index (Phi) is 5.91. The molecule has 2 aromatic heterocycles. The molecule has 5 rings (SSSR count). The molecule has 0 unspecified atom stereocenters. The third kappa shape index (κ3) is 4.39. The normalized spacial score (nSPS) is 14.1. The molecule has 1 fully saturated rings. The molecule has 0 atom stereocenters. The van der Waals surface area contributed by atoms with E-state index in [0.717, 1.165) is 35.4 Å². The van der Waals surface area contributed by atoms with Gasteiger partial charge in [0.25, 0.3) is 0 Å². The van der Waals surface area contributed by atoms with Crippen LogP contribution in [0.5, 0.6) is 0 Å². The van der Waals surface area contributed by atoms with Gasteiger partial charge in [-0.3, -0.25) is 4.57 Å². The molecule has 0 bridgehead atoms. The first kappa shape index (κ1) is 20.7. The van der Waals surface area contributed by atoms with Crippen LogP contribution in [0, 0.1) is 13.8 Å². The van der Waals surface area contributed by atoms with E-state index >= 15 is 0 Å². The SMILES string of the molecule is Cc1ccc(-c2nnc(CSc3nnc(N4CCOCC4)n3-c3ccc(C)cc3)o2)cc1. The second-order valence-electron chi connectivity index (χ2n) is 7.71. The van der Waals surface area contributed by atoms with Gasteiger partial charge in [0, 0.05) is 18.7 Å². The molecule has 0 N–H and O–H groups in total. The van der Waals surface area contributed by atoms with Crippen LogP contribution in [0.2, 0.25) is 0 Å². The van der Waals surface area contributed by atoms with Crippen molar-refractivity contribution in [2.45, 2.75) is 24.8 Å². The summed E-state index contributed by atoms with van der Waals surface area (Å²) in [6, 6.07) is 16.4. The number of benzene rings is 2. The van der Waals surface area contributed by atoms with Gasteiger partial charge in [-0.05, 0) is 38.1 Å². The molecule has 0 saturated carbocycles. The number of nitrogens with zero attached hydrogens (tertiary/aromatic N) is 6. The number of rotatable bonds is 6. The lowest BCUT2D eigenvalue weighted by atomic mass is 10.1. The van der Waals surface area contributed by atoms with E-state index in [4.69, 9.17) is 9.15 Å². The Labute approximate surface area is 190 Å². The molecule has 3 heterocycles. The van der Waals surface area contributed by atoms with Crippen molar-refractivity contribution in [3.05, 3.63) is 65.5 Å². The van der Waals surface area contributed by atoms with Crippen LogP contribution in [-0.2, 0) is 10.5 Å². The van der Waals surface area contributed by atoms with Crippen molar-refractivity contribution in [3.8, 4) is 17.1 Å². The van der Waals surface area contributed by atoms with Gasteiger partial charge in [0.05, 0.1) is 24.7 Å². The van der Waals surface area contributed by atoms with Crippen molar-refractivity contribution in [2.75, 3.05) is 31.2 Å². The third-order valence-corrected chi connectivity index (χ3v) is 6.21. The molecule has 8 nitrogen and oxygen atoms in total. The lowest BCUT2D eigenvalue weighted by molar-refractivity contribution is 0.122. The molecule has 0 radical (unpaired) electrons. The number of morpholine rings is 1. The number of ether oxygens (including phenoxy) is 1. The van der Waals surface area contributed by atoms with E-state index in [0.29, 0.717) is 30.7 Å². The highest BCUT2D eigenvalue weighted by Crippen LogP contribution is 2.30. The van der Waals surface area contributed by atoms with E-state index in [1.54, 1.807) is 0 Å². The molecule has 1 aliphatic rings. The molecule has 1 aliphatic heterocycles. The van der Waals surface area contributed by atoms with Gasteiger partial charge in [-0.25, -0.2) is 0 Å². The minimum Gasteiger partial charge on any atom is -0.420 e. The molecule has 164 valence electrons. The molecular formula is C23H24N6O2S. The smallest absolute Gasteiger partial charge is 0.247 e. The van der Waals surface area contributed by atoms with Gasteiger partial charge >= 0.3 is 0 Å². The number of hydrogen-bond acceptors (Lipinski definition) is 8. The summed E-state index contributed by atoms with van der Waals surface area (Å²) in [5.74, 6) is 2.41. The van der Waals surface area contributed by atoms with Gasteiger partial charge in [0.15, 0.2) is 5.16 Å². The van der Waals surface area contributed by atoms with Crippen molar-refractivity contribution in [3.63, 3.8) is 0 Å². The topological polar surface area (TPSA) is 82.1 Å². The molecule has 0 amide bonds. The van der Waals surface area contributed by atoms with Crippen molar-refractivity contribution >= 4 is 17.7 Å². The fraction of sp³-hybridized carbons (Fsp3) is 0.304. The van der Waals surface area contributed by atoms with E-state index in [2.05, 4.69) is 68.0 Å². The fourth-order valence-electron chi connectivity index (χ4n) is 3.49. The van der Waals surface area contributed by atoms with E-state index < -0.39 is 0 Å². The molecule has 1 saturated heterocycles. The van der Waals surface area contributed by atoms with Crippen LogP contribution in [0.15, 0.2) is 58.1 Å². The van der Waals surface area contributed by atoms with E-state index in [1.807, 2.05) is 24.3 Å². The minimum atomic E-state index is 0.506. The zero-order chi connectivity index (χ0) is 21.9. The first-order valence-corrected chi connectivity index (χ1v) is 11.5. The second kappa shape index (κ2) is 9.13. The summed E-state index contributed by atoms with van der Waals surface area (Å²) < 4.78 is 13.5. The van der Waals surface area contributed by atoms with E-state index in [1.165, 1.54) is 22.9 Å². The van der Waals surface area contributed by atoms with Gasteiger partial charge in [-0.15, -0.1) is 20.4 Å². The van der Waals surface area contributed by atoms with E-state index in [9.17, 15) is 0 Å². The van der Waals surface area contributed by atoms with Crippen LogP contribution in [0.4, 0.5) is 5.95 Å². The van der Waals surface area contributed by atoms with Gasteiger partial charge in [0.1, 0.15) is 0 Å². The number of thioether (sulfide) groups is 1. The minimum absolute atomic E-state index is 0.506. The van der Waals surface area contributed by atoms with Crippen LogP contribution >= 0.6 is 11.8 Å². The second-order valence-corrected chi connectivity index (χ2v) is 8.65. The summed E-state index contributed by atoms with van der Waals surface area (Å²) in [7, 11) is 0. The molecule has 32 heavy (non-hydrogen) atoms.